The molecule has 0 bridgehead atoms. The number of hydrogen-bond donors (Lipinski definition) is 0. The predicted molar refractivity (Wildman–Crippen MR) is 73.3 cm³/mol. The Morgan fingerprint density at radius 1 is 0.947 bits per heavy atom. The zero-order valence-corrected chi connectivity index (χ0v) is 11.0. The number of aromatic nitrogens is 2. The third kappa shape index (κ3) is 2.27. The molecule has 3 rings (SSSR count). The average Bonchev–Trinajstić information content (AvgIpc) is 2.83. The highest BCUT2D eigenvalue weighted by Gasteiger charge is 2.13. The molecule has 3 aromatic rings. The fourth-order valence-electron chi connectivity index (χ4n) is 2.02. The average molecular weight is 251 g/mol. The van der Waals surface area contributed by atoms with Gasteiger partial charge in [0.25, 0.3) is 0 Å². The summed E-state index contributed by atoms with van der Waals surface area (Å²) in [6.45, 7) is 1.97. The van der Waals surface area contributed by atoms with Crippen LogP contribution in [0.4, 0.5) is 0 Å². The Morgan fingerprint density at radius 2 is 1.63 bits per heavy atom. The normalized spacial score (nSPS) is 10.6. The first-order valence-electron chi connectivity index (χ1n) is 6.22. The maximum atomic E-state index is 5.91. The molecule has 0 N–H and O–H groups in total. The van der Waals surface area contributed by atoms with Crippen molar-refractivity contribution in [2.75, 3.05) is 0 Å². The summed E-state index contributed by atoms with van der Waals surface area (Å²) in [6, 6.07) is 14.1. The van der Waals surface area contributed by atoms with E-state index in [4.69, 9.17) is 4.42 Å². The van der Waals surface area contributed by atoms with Crippen molar-refractivity contribution < 1.29 is 8.98 Å². The molecule has 0 unspecified atom stereocenters. The fourth-order valence-corrected chi connectivity index (χ4v) is 2.02. The molecule has 0 aliphatic carbocycles. The van der Waals surface area contributed by atoms with Crippen LogP contribution in [0.1, 0.15) is 5.69 Å². The van der Waals surface area contributed by atoms with E-state index in [9.17, 15) is 0 Å². The maximum absolute atomic E-state index is 5.91. The number of rotatable bonds is 2. The van der Waals surface area contributed by atoms with Crippen molar-refractivity contribution >= 4 is 0 Å². The van der Waals surface area contributed by atoms with Gasteiger partial charge in [-0.2, -0.15) is 0 Å². The van der Waals surface area contributed by atoms with Crippen molar-refractivity contribution in [3.05, 3.63) is 60.6 Å². The van der Waals surface area contributed by atoms with Gasteiger partial charge in [-0.1, -0.05) is 30.3 Å². The second-order valence-electron chi connectivity index (χ2n) is 4.55. The van der Waals surface area contributed by atoms with Crippen LogP contribution in [0, 0.1) is 6.92 Å². The van der Waals surface area contributed by atoms with Gasteiger partial charge >= 0.3 is 0 Å². The third-order valence-electron chi connectivity index (χ3n) is 3.06. The lowest BCUT2D eigenvalue weighted by Crippen LogP contribution is -2.25. The van der Waals surface area contributed by atoms with E-state index in [2.05, 4.69) is 4.98 Å². The summed E-state index contributed by atoms with van der Waals surface area (Å²) < 4.78 is 7.89. The highest BCUT2D eigenvalue weighted by molar-refractivity contribution is 5.63. The Bertz CT molecular complexity index is 685. The lowest BCUT2D eigenvalue weighted by atomic mass is 10.1. The molecule has 2 heterocycles. The number of aryl methyl sites for hydroxylation is 2. The SMILES string of the molecule is Cc1nc(-c2cc[n+](C)cc2)oc1-c1ccccc1. The second-order valence-corrected chi connectivity index (χ2v) is 4.55. The van der Waals surface area contributed by atoms with Crippen LogP contribution in [0.5, 0.6) is 0 Å². The zero-order valence-electron chi connectivity index (χ0n) is 11.0. The van der Waals surface area contributed by atoms with E-state index in [0.29, 0.717) is 5.89 Å². The molecule has 0 spiro atoms. The third-order valence-corrected chi connectivity index (χ3v) is 3.06. The van der Waals surface area contributed by atoms with E-state index < -0.39 is 0 Å². The molecule has 0 saturated carbocycles. The molecule has 3 nitrogen and oxygen atoms in total. The van der Waals surface area contributed by atoms with Crippen molar-refractivity contribution in [1.82, 2.24) is 4.98 Å². The van der Waals surface area contributed by atoms with Crippen molar-refractivity contribution in [3.8, 4) is 22.8 Å². The van der Waals surface area contributed by atoms with Crippen LogP contribution in [0.2, 0.25) is 0 Å². The summed E-state index contributed by atoms with van der Waals surface area (Å²) in [5.41, 5.74) is 2.96. The molecule has 2 aromatic heterocycles. The molecule has 0 aliphatic rings. The van der Waals surface area contributed by atoms with Crippen molar-refractivity contribution in [3.63, 3.8) is 0 Å². The Hall–Kier alpha value is -2.42. The molecule has 19 heavy (non-hydrogen) atoms. The lowest BCUT2D eigenvalue weighted by Gasteiger charge is -1.96. The second kappa shape index (κ2) is 4.69. The Labute approximate surface area is 112 Å². The minimum Gasteiger partial charge on any atom is -0.436 e. The summed E-state index contributed by atoms with van der Waals surface area (Å²) in [7, 11) is 1.99. The summed E-state index contributed by atoms with van der Waals surface area (Å²) in [5.74, 6) is 1.50. The van der Waals surface area contributed by atoms with Gasteiger partial charge < -0.3 is 4.42 Å². The molecular formula is C16H15N2O+. The highest BCUT2D eigenvalue weighted by Crippen LogP contribution is 2.28. The van der Waals surface area contributed by atoms with Crippen molar-refractivity contribution in [1.29, 1.82) is 0 Å². The maximum Gasteiger partial charge on any atom is 0.227 e. The topological polar surface area (TPSA) is 29.9 Å². The van der Waals surface area contributed by atoms with Crippen LogP contribution in [-0.4, -0.2) is 4.98 Å². The summed E-state index contributed by atoms with van der Waals surface area (Å²) in [4.78, 5) is 4.51. The van der Waals surface area contributed by atoms with Gasteiger partial charge in [0.2, 0.25) is 5.89 Å². The number of nitrogens with zero attached hydrogens (tertiary/aromatic N) is 2. The van der Waals surface area contributed by atoms with Crippen LogP contribution in [0.25, 0.3) is 22.8 Å². The molecule has 0 atom stereocenters. The standard InChI is InChI=1S/C16H15N2O/c1-12-15(13-6-4-3-5-7-13)19-16(17-12)14-8-10-18(2)11-9-14/h3-11H,1-2H3/q+1. The quantitative estimate of drug-likeness (QED) is 0.655. The molecule has 3 heteroatoms. The number of hydrogen-bond acceptors (Lipinski definition) is 2. The van der Waals surface area contributed by atoms with Gasteiger partial charge in [0, 0.05) is 23.3 Å². The zero-order chi connectivity index (χ0) is 13.2. The fraction of sp³-hybridized carbons (Fsp3) is 0.125. The van der Waals surface area contributed by atoms with Gasteiger partial charge in [-0.3, -0.25) is 0 Å². The van der Waals surface area contributed by atoms with Crippen molar-refractivity contribution in [2.45, 2.75) is 6.92 Å². The van der Waals surface area contributed by atoms with Crippen LogP contribution >= 0.6 is 0 Å². The molecule has 0 fully saturated rings. The summed E-state index contributed by atoms with van der Waals surface area (Å²) >= 11 is 0. The first-order valence-corrected chi connectivity index (χ1v) is 6.22. The smallest absolute Gasteiger partial charge is 0.227 e. The minimum atomic E-state index is 0.664. The van der Waals surface area contributed by atoms with Gasteiger partial charge in [0.1, 0.15) is 7.05 Å². The first kappa shape index (κ1) is 11.7. The van der Waals surface area contributed by atoms with E-state index in [1.54, 1.807) is 0 Å². The van der Waals surface area contributed by atoms with Gasteiger partial charge in [-0.05, 0) is 6.92 Å². The molecule has 0 saturated heterocycles. The van der Waals surface area contributed by atoms with E-state index in [0.717, 1.165) is 22.6 Å². The van der Waals surface area contributed by atoms with Gasteiger partial charge in [0.05, 0.1) is 5.69 Å². The summed E-state index contributed by atoms with van der Waals surface area (Å²) in [5, 5.41) is 0. The molecule has 1 aromatic carbocycles. The minimum absolute atomic E-state index is 0.664. The number of oxazole rings is 1. The predicted octanol–water partition coefficient (Wildman–Crippen LogP) is 3.14. The molecule has 0 amide bonds. The van der Waals surface area contributed by atoms with Crippen LogP contribution < -0.4 is 4.57 Å². The van der Waals surface area contributed by atoms with E-state index >= 15 is 0 Å². The van der Waals surface area contributed by atoms with Gasteiger partial charge in [0.15, 0.2) is 18.2 Å². The molecule has 0 radical (unpaired) electrons. The van der Waals surface area contributed by atoms with Crippen molar-refractivity contribution in [2.24, 2.45) is 7.05 Å². The highest BCUT2D eigenvalue weighted by atomic mass is 16.4. The molecular weight excluding hydrogens is 236 g/mol. The largest absolute Gasteiger partial charge is 0.436 e. The Morgan fingerprint density at radius 3 is 2.32 bits per heavy atom. The van der Waals surface area contributed by atoms with E-state index in [1.165, 1.54) is 0 Å². The van der Waals surface area contributed by atoms with E-state index in [-0.39, 0.29) is 0 Å². The Kier molecular flexibility index (Phi) is 2.88. The Balaban J connectivity index is 2.04. The molecule has 0 aliphatic heterocycles. The van der Waals surface area contributed by atoms with Gasteiger partial charge in [-0.25, -0.2) is 9.55 Å². The lowest BCUT2D eigenvalue weighted by molar-refractivity contribution is -0.671. The van der Waals surface area contributed by atoms with E-state index in [1.807, 2.05) is 73.4 Å². The van der Waals surface area contributed by atoms with Crippen LogP contribution in [0.3, 0.4) is 0 Å². The molecule has 94 valence electrons. The number of benzene rings is 1. The first-order chi connectivity index (χ1) is 9.24. The van der Waals surface area contributed by atoms with Gasteiger partial charge in [-0.15, -0.1) is 0 Å². The summed E-state index contributed by atoms with van der Waals surface area (Å²) in [6.07, 6.45) is 3.97. The monoisotopic (exact) mass is 251 g/mol. The number of pyridine rings is 1. The van der Waals surface area contributed by atoms with Crippen LogP contribution in [0.15, 0.2) is 59.3 Å². The van der Waals surface area contributed by atoms with Crippen LogP contribution in [-0.2, 0) is 7.05 Å².